The smallest absolute Gasteiger partial charge is 0.288 e. The molecule has 0 bridgehead atoms. The van der Waals surface area contributed by atoms with Crippen LogP contribution in [0, 0.1) is 28.4 Å². The van der Waals surface area contributed by atoms with E-state index in [1.165, 1.54) is 23.8 Å². The van der Waals surface area contributed by atoms with Crippen molar-refractivity contribution in [3.63, 3.8) is 0 Å². The molecule has 1 rings (SSSR count). The van der Waals surface area contributed by atoms with Gasteiger partial charge in [0.25, 0.3) is 11.2 Å². The fourth-order valence-electron chi connectivity index (χ4n) is 1.35. The van der Waals surface area contributed by atoms with Gasteiger partial charge in [-0.15, -0.1) is 0 Å². The SMILES string of the molecule is Cc1cc(=O)n(CCCC#N)cc1[N+](=O)[O-]. The summed E-state index contributed by atoms with van der Waals surface area (Å²) in [7, 11) is 0. The number of nitriles is 1. The van der Waals surface area contributed by atoms with Gasteiger partial charge >= 0.3 is 0 Å². The number of nitro groups is 1. The number of unbranched alkanes of at least 4 members (excludes halogenated alkanes) is 1. The molecule has 84 valence electrons. The van der Waals surface area contributed by atoms with Crippen LogP contribution in [0.25, 0.3) is 0 Å². The van der Waals surface area contributed by atoms with E-state index >= 15 is 0 Å². The van der Waals surface area contributed by atoms with Gasteiger partial charge in [-0.3, -0.25) is 14.9 Å². The fraction of sp³-hybridized carbons (Fsp3) is 0.400. The topological polar surface area (TPSA) is 88.9 Å². The van der Waals surface area contributed by atoms with Crippen molar-refractivity contribution in [3.8, 4) is 6.07 Å². The van der Waals surface area contributed by atoms with E-state index in [0.29, 0.717) is 24.9 Å². The molecule has 0 N–H and O–H groups in total. The second-order valence-corrected chi connectivity index (χ2v) is 3.39. The molecular formula is C10H11N3O3. The lowest BCUT2D eigenvalue weighted by Crippen LogP contribution is -2.20. The molecule has 6 nitrogen and oxygen atoms in total. The minimum Gasteiger partial charge on any atom is -0.309 e. The Kier molecular flexibility index (Phi) is 3.78. The second kappa shape index (κ2) is 5.07. The third-order valence-electron chi connectivity index (χ3n) is 2.19. The van der Waals surface area contributed by atoms with Gasteiger partial charge in [0.2, 0.25) is 0 Å². The Morgan fingerprint density at radius 3 is 2.88 bits per heavy atom. The molecule has 6 heteroatoms. The van der Waals surface area contributed by atoms with Crippen LogP contribution < -0.4 is 5.56 Å². The third-order valence-corrected chi connectivity index (χ3v) is 2.19. The monoisotopic (exact) mass is 221 g/mol. The van der Waals surface area contributed by atoms with Crippen LogP contribution in [0.4, 0.5) is 5.69 Å². The molecule has 1 aromatic rings. The second-order valence-electron chi connectivity index (χ2n) is 3.39. The first kappa shape index (κ1) is 11.9. The first-order chi connectivity index (χ1) is 7.56. The van der Waals surface area contributed by atoms with Crippen LogP contribution in [0.5, 0.6) is 0 Å². The summed E-state index contributed by atoms with van der Waals surface area (Å²) in [6, 6.07) is 3.20. The Morgan fingerprint density at radius 1 is 1.62 bits per heavy atom. The van der Waals surface area contributed by atoms with Crippen molar-refractivity contribution in [3.05, 3.63) is 38.3 Å². The van der Waals surface area contributed by atoms with Crippen LogP contribution in [0.2, 0.25) is 0 Å². The van der Waals surface area contributed by atoms with Gasteiger partial charge in [0.1, 0.15) is 0 Å². The Hall–Kier alpha value is -2.16. The van der Waals surface area contributed by atoms with E-state index in [-0.39, 0.29) is 11.2 Å². The molecule has 0 saturated heterocycles. The number of aromatic nitrogens is 1. The molecule has 0 atom stereocenters. The highest BCUT2D eigenvalue weighted by Gasteiger charge is 2.12. The van der Waals surface area contributed by atoms with Gasteiger partial charge in [0.05, 0.1) is 17.2 Å². The summed E-state index contributed by atoms with van der Waals surface area (Å²) in [6.45, 7) is 1.85. The summed E-state index contributed by atoms with van der Waals surface area (Å²) in [5, 5.41) is 19.0. The summed E-state index contributed by atoms with van der Waals surface area (Å²) in [5.41, 5.74) is 0.00382. The van der Waals surface area contributed by atoms with Gasteiger partial charge < -0.3 is 4.57 Å². The largest absolute Gasteiger partial charge is 0.309 e. The summed E-state index contributed by atoms with van der Waals surface area (Å²) in [4.78, 5) is 21.6. The number of hydrogen-bond donors (Lipinski definition) is 0. The zero-order chi connectivity index (χ0) is 12.1. The molecule has 0 aromatic carbocycles. The lowest BCUT2D eigenvalue weighted by molar-refractivity contribution is -0.385. The van der Waals surface area contributed by atoms with Crippen LogP contribution in [-0.4, -0.2) is 9.49 Å². The average Bonchev–Trinajstić information content (AvgIpc) is 2.21. The van der Waals surface area contributed by atoms with Gasteiger partial charge in [-0.25, -0.2) is 0 Å². The van der Waals surface area contributed by atoms with E-state index in [2.05, 4.69) is 0 Å². The molecule has 0 spiro atoms. The van der Waals surface area contributed by atoms with Crippen LogP contribution >= 0.6 is 0 Å². The van der Waals surface area contributed by atoms with Crippen molar-refractivity contribution in [2.45, 2.75) is 26.3 Å². The van der Waals surface area contributed by atoms with E-state index in [4.69, 9.17) is 5.26 Å². The molecule has 0 aliphatic carbocycles. The van der Waals surface area contributed by atoms with E-state index in [1.54, 1.807) is 0 Å². The number of hydrogen-bond acceptors (Lipinski definition) is 4. The van der Waals surface area contributed by atoms with Crippen molar-refractivity contribution in [1.29, 1.82) is 5.26 Å². The number of rotatable bonds is 4. The fourth-order valence-corrected chi connectivity index (χ4v) is 1.35. The zero-order valence-electron chi connectivity index (χ0n) is 8.84. The number of nitrogens with zero attached hydrogens (tertiary/aromatic N) is 3. The van der Waals surface area contributed by atoms with Crippen molar-refractivity contribution < 1.29 is 4.92 Å². The van der Waals surface area contributed by atoms with Crippen LogP contribution in [0.3, 0.4) is 0 Å². The predicted molar refractivity (Wildman–Crippen MR) is 56.9 cm³/mol. The van der Waals surface area contributed by atoms with Gasteiger partial charge in [0, 0.05) is 24.6 Å². The third kappa shape index (κ3) is 2.67. The average molecular weight is 221 g/mol. The lowest BCUT2D eigenvalue weighted by Gasteiger charge is -2.04. The van der Waals surface area contributed by atoms with Gasteiger partial charge in [-0.2, -0.15) is 5.26 Å². The minimum absolute atomic E-state index is 0.0726. The highest BCUT2D eigenvalue weighted by molar-refractivity contribution is 5.35. The van der Waals surface area contributed by atoms with Crippen LogP contribution in [-0.2, 0) is 6.54 Å². The Balaban J connectivity index is 3.02. The van der Waals surface area contributed by atoms with Crippen molar-refractivity contribution in [2.75, 3.05) is 0 Å². The maximum Gasteiger partial charge on any atom is 0.288 e. The quantitative estimate of drug-likeness (QED) is 0.436. The predicted octanol–water partition coefficient (Wildman–Crippen LogP) is 1.37. The standard InChI is InChI=1S/C10H11N3O3/c1-8-6-10(14)12(5-3-2-4-11)7-9(8)13(15)16/h6-7H,2-3,5H2,1H3. The van der Waals surface area contributed by atoms with Gasteiger partial charge in [-0.1, -0.05) is 0 Å². The Labute approximate surface area is 91.9 Å². The van der Waals surface area contributed by atoms with Crippen molar-refractivity contribution >= 4 is 5.69 Å². The Morgan fingerprint density at radius 2 is 2.31 bits per heavy atom. The number of aryl methyl sites for hydroxylation is 2. The lowest BCUT2D eigenvalue weighted by atomic mass is 10.2. The molecule has 0 aliphatic heterocycles. The van der Waals surface area contributed by atoms with E-state index in [1.807, 2.05) is 6.07 Å². The minimum atomic E-state index is -0.518. The number of pyridine rings is 1. The summed E-state index contributed by atoms with van der Waals surface area (Å²) >= 11 is 0. The van der Waals surface area contributed by atoms with E-state index in [0.717, 1.165) is 0 Å². The summed E-state index contributed by atoms with van der Waals surface area (Å²) in [6.07, 6.45) is 2.07. The first-order valence-corrected chi connectivity index (χ1v) is 4.78. The van der Waals surface area contributed by atoms with Gasteiger partial charge in [0.15, 0.2) is 0 Å². The van der Waals surface area contributed by atoms with Crippen LogP contribution in [0.1, 0.15) is 18.4 Å². The highest BCUT2D eigenvalue weighted by atomic mass is 16.6. The molecular weight excluding hydrogens is 210 g/mol. The van der Waals surface area contributed by atoms with Crippen LogP contribution in [0.15, 0.2) is 17.1 Å². The normalized spacial score (nSPS) is 9.75. The summed E-state index contributed by atoms with van der Waals surface area (Å²) < 4.78 is 1.27. The molecule has 0 radical (unpaired) electrons. The molecule has 0 fully saturated rings. The maximum absolute atomic E-state index is 11.5. The van der Waals surface area contributed by atoms with Crippen molar-refractivity contribution in [2.24, 2.45) is 0 Å². The Bertz CT molecular complexity index is 499. The molecule has 0 saturated carbocycles. The highest BCUT2D eigenvalue weighted by Crippen LogP contribution is 2.14. The molecule has 16 heavy (non-hydrogen) atoms. The molecule has 0 amide bonds. The van der Waals surface area contributed by atoms with Gasteiger partial charge in [-0.05, 0) is 13.3 Å². The molecule has 0 aliphatic rings. The van der Waals surface area contributed by atoms with Crippen molar-refractivity contribution in [1.82, 2.24) is 4.57 Å². The summed E-state index contributed by atoms with van der Waals surface area (Å²) in [5.74, 6) is 0. The van der Waals surface area contributed by atoms with E-state index in [9.17, 15) is 14.9 Å². The zero-order valence-corrected chi connectivity index (χ0v) is 8.84. The molecule has 0 unspecified atom stereocenters. The molecule has 1 aromatic heterocycles. The molecule has 1 heterocycles. The first-order valence-electron chi connectivity index (χ1n) is 4.78. The van der Waals surface area contributed by atoms with E-state index < -0.39 is 4.92 Å². The maximum atomic E-state index is 11.5.